The van der Waals surface area contributed by atoms with Crippen LogP contribution in [0.25, 0.3) is 10.8 Å². The minimum Gasteiger partial charge on any atom is -0.348 e. The van der Waals surface area contributed by atoms with Crippen molar-refractivity contribution in [2.24, 2.45) is 0 Å². The molecular formula is C27H29N5O4S. The van der Waals surface area contributed by atoms with Gasteiger partial charge in [-0.05, 0) is 45.0 Å². The minimum atomic E-state index is -3.82. The summed E-state index contributed by atoms with van der Waals surface area (Å²) in [6.45, 7) is 5.31. The van der Waals surface area contributed by atoms with Crippen molar-refractivity contribution >= 4 is 38.3 Å². The van der Waals surface area contributed by atoms with Crippen LogP contribution >= 0.6 is 0 Å². The number of imidazole rings is 1. The van der Waals surface area contributed by atoms with E-state index in [-0.39, 0.29) is 17.2 Å². The zero-order valence-corrected chi connectivity index (χ0v) is 21.6. The van der Waals surface area contributed by atoms with Crippen LogP contribution in [-0.4, -0.2) is 41.8 Å². The monoisotopic (exact) mass is 519 g/mol. The lowest BCUT2D eigenvalue weighted by atomic mass is 10.1. The topological polar surface area (TPSA) is 133 Å². The molecule has 0 aliphatic carbocycles. The summed E-state index contributed by atoms with van der Waals surface area (Å²) in [4.78, 5) is 33.3. The first-order valence-corrected chi connectivity index (χ1v) is 13.2. The SMILES string of the molecule is CC(C)(C)NS(=O)(=O)c1cccc2c(NC(=O)[C@H](Cc3cnc[nH]3)NC(=O)c3ccccc3)cccc12. The molecule has 0 aliphatic rings. The first kappa shape index (κ1) is 26.1. The Bertz CT molecular complexity index is 1510. The van der Waals surface area contributed by atoms with E-state index in [2.05, 4.69) is 25.3 Å². The standard InChI is InChI=1S/C27H29N5O4S/c1-27(2,3)32-37(35,36)24-14-8-11-20-21(24)12-7-13-22(20)30-26(34)23(15-19-16-28-17-29-19)31-25(33)18-9-5-4-6-10-18/h4-14,16-17,23,32H,15H2,1-3H3,(H,28,29)(H,30,34)(H,31,33)/t23-/m0/s1. The fourth-order valence-electron chi connectivity index (χ4n) is 3.96. The highest BCUT2D eigenvalue weighted by molar-refractivity contribution is 7.89. The number of nitrogens with zero attached hydrogens (tertiary/aromatic N) is 1. The van der Waals surface area contributed by atoms with E-state index in [1.807, 2.05) is 0 Å². The summed E-state index contributed by atoms with van der Waals surface area (Å²) in [6, 6.07) is 17.7. The molecule has 2 amide bonds. The van der Waals surface area contributed by atoms with Gasteiger partial charge in [-0.2, -0.15) is 0 Å². The van der Waals surface area contributed by atoms with Gasteiger partial charge in [0.15, 0.2) is 0 Å². The van der Waals surface area contributed by atoms with E-state index in [1.54, 1.807) is 87.6 Å². The maximum absolute atomic E-state index is 13.4. The molecule has 0 saturated heterocycles. The average molecular weight is 520 g/mol. The predicted octanol–water partition coefficient (Wildman–Crippen LogP) is 3.62. The number of amides is 2. The molecule has 1 atom stereocenters. The van der Waals surface area contributed by atoms with Crippen molar-refractivity contribution in [1.29, 1.82) is 0 Å². The predicted molar refractivity (Wildman–Crippen MR) is 143 cm³/mol. The van der Waals surface area contributed by atoms with Gasteiger partial charge in [0.2, 0.25) is 15.9 Å². The van der Waals surface area contributed by atoms with Gasteiger partial charge in [0.05, 0.1) is 11.2 Å². The summed E-state index contributed by atoms with van der Waals surface area (Å²) < 4.78 is 28.8. The number of aromatic nitrogens is 2. The van der Waals surface area contributed by atoms with Crippen LogP contribution in [0.3, 0.4) is 0 Å². The number of nitrogens with one attached hydrogen (secondary N) is 4. The summed E-state index contributed by atoms with van der Waals surface area (Å²) >= 11 is 0. The van der Waals surface area contributed by atoms with Crippen LogP contribution in [0.4, 0.5) is 5.69 Å². The lowest BCUT2D eigenvalue weighted by Gasteiger charge is -2.22. The summed E-state index contributed by atoms with van der Waals surface area (Å²) in [5.41, 5.74) is 0.868. The molecule has 0 unspecified atom stereocenters. The second-order valence-electron chi connectivity index (χ2n) is 9.67. The molecule has 192 valence electrons. The Labute approximate surface area is 215 Å². The molecule has 37 heavy (non-hydrogen) atoms. The third-order valence-electron chi connectivity index (χ3n) is 5.51. The highest BCUT2D eigenvalue weighted by atomic mass is 32.2. The Hall–Kier alpha value is -4.02. The van der Waals surface area contributed by atoms with Crippen LogP contribution < -0.4 is 15.4 Å². The summed E-state index contributed by atoms with van der Waals surface area (Å²) in [5.74, 6) is -0.840. The fourth-order valence-corrected chi connectivity index (χ4v) is 5.60. The molecule has 4 aromatic rings. The van der Waals surface area contributed by atoms with Crippen molar-refractivity contribution in [2.45, 2.75) is 43.7 Å². The minimum absolute atomic E-state index is 0.113. The maximum atomic E-state index is 13.4. The quantitative estimate of drug-likeness (QED) is 0.282. The number of aromatic amines is 1. The summed E-state index contributed by atoms with van der Waals surface area (Å²) in [7, 11) is -3.82. The number of anilines is 1. The second kappa shape index (κ2) is 10.5. The molecule has 0 aliphatic heterocycles. The first-order chi connectivity index (χ1) is 17.5. The molecule has 0 radical (unpaired) electrons. The number of hydrogen-bond donors (Lipinski definition) is 4. The second-order valence-corrected chi connectivity index (χ2v) is 11.3. The molecule has 4 rings (SSSR count). The van der Waals surface area contributed by atoms with Gasteiger partial charge in [-0.15, -0.1) is 0 Å². The normalized spacial score (nSPS) is 12.7. The van der Waals surface area contributed by atoms with Crippen LogP contribution in [0.5, 0.6) is 0 Å². The fraction of sp³-hybridized carbons (Fsp3) is 0.222. The van der Waals surface area contributed by atoms with Gasteiger partial charge in [-0.3, -0.25) is 9.59 Å². The van der Waals surface area contributed by atoms with E-state index in [9.17, 15) is 18.0 Å². The molecular weight excluding hydrogens is 490 g/mol. The third-order valence-corrected chi connectivity index (χ3v) is 7.32. The Morgan fingerprint density at radius 2 is 1.65 bits per heavy atom. The molecule has 4 N–H and O–H groups in total. The van der Waals surface area contributed by atoms with E-state index < -0.39 is 27.5 Å². The van der Waals surface area contributed by atoms with E-state index in [1.165, 1.54) is 12.4 Å². The summed E-state index contributed by atoms with van der Waals surface area (Å²) in [6.07, 6.45) is 3.28. The van der Waals surface area contributed by atoms with Gasteiger partial charge in [0.1, 0.15) is 6.04 Å². The number of benzene rings is 3. The number of sulfonamides is 1. The first-order valence-electron chi connectivity index (χ1n) is 11.7. The van der Waals surface area contributed by atoms with Crippen molar-refractivity contribution in [2.75, 3.05) is 5.32 Å². The van der Waals surface area contributed by atoms with Gasteiger partial charge in [-0.25, -0.2) is 18.1 Å². The van der Waals surface area contributed by atoms with Gasteiger partial charge in [0, 0.05) is 45.9 Å². The molecule has 1 aromatic heterocycles. The molecule has 0 fully saturated rings. The summed E-state index contributed by atoms with van der Waals surface area (Å²) in [5, 5.41) is 6.70. The Morgan fingerprint density at radius 3 is 2.32 bits per heavy atom. The molecule has 0 spiro atoms. The Morgan fingerprint density at radius 1 is 0.946 bits per heavy atom. The number of carbonyl (C=O) groups is 2. The number of rotatable bonds is 8. The molecule has 1 heterocycles. The molecule has 0 bridgehead atoms. The smallest absolute Gasteiger partial charge is 0.251 e. The van der Waals surface area contributed by atoms with Crippen molar-refractivity contribution in [3.63, 3.8) is 0 Å². The van der Waals surface area contributed by atoms with E-state index in [0.29, 0.717) is 27.7 Å². The van der Waals surface area contributed by atoms with Crippen LogP contribution in [0.15, 0.2) is 84.1 Å². The Kier molecular flexibility index (Phi) is 7.42. The number of hydrogen-bond acceptors (Lipinski definition) is 5. The number of H-pyrrole nitrogens is 1. The van der Waals surface area contributed by atoms with Gasteiger partial charge in [0.25, 0.3) is 5.91 Å². The third kappa shape index (κ3) is 6.41. The van der Waals surface area contributed by atoms with Gasteiger partial charge >= 0.3 is 0 Å². The van der Waals surface area contributed by atoms with Gasteiger partial charge in [-0.1, -0.05) is 42.5 Å². The van der Waals surface area contributed by atoms with Crippen LogP contribution in [0, 0.1) is 0 Å². The van der Waals surface area contributed by atoms with E-state index in [0.717, 1.165) is 0 Å². The molecule has 0 saturated carbocycles. The maximum Gasteiger partial charge on any atom is 0.251 e. The van der Waals surface area contributed by atoms with Gasteiger partial charge < -0.3 is 15.6 Å². The lowest BCUT2D eigenvalue weighted by Crippen LogP contribution is -2.45. The van der Waals surface area contributed by atoms with E-state index in [4.69, 9.17) is 0 Å². The van der Waals surface area contributed by atoms with Crippen molar-refractivity contribution in [3.8, 4) is 0 Å². The van der Waals surface area contributed by atoms with Crippen LogP contribution in [0.1, 0.15) is 36.8 Å². The van der Waals surface area contributed by atoms with E-state index >= 15 is 0 Å². The Balaban J connectivity index is 1.65. The lowest BCUT2D eigenvalue weighted by molar-refractivity contribution is -0.118. The highest BCUT2D eigenvalue weighted by Crippen LogP contribution is 2.29. The average Bonchev–Trinajstić information content (AvgIpc) is 3.35. The van der Waals surface area contributed by atoms with Crippen LogP contribution in [0.2, 0.25) is 0 Å². The van der Waals surface area contributed by atoms with Crippen molar-refractivity contribution in [3.05, 3.63) is 90.5 Å². The van der Waals surface area contributed by atoms with Crippen molar-refractivity contribution < 1.29 is 18.0 Å². The zero-order chi connectivity index (χ0) is 26.6. The zero-order valence-electron chi connectivity index (χ0n) is 20.8. The number of fused-ring (bicyclic) bond motifs is 1. The largest absolute Gasteiger partial charge is 0.348 e. The highest BCUT2D eigenvalue weighted by Gasteiger charge is 2.26. The van der Waals surface area contributed by atoms with Crippen molar-refractivity contribution in [1.82, 2.24) is 20.0 Å². The molecule has 10 heteroatoms. The number of carbonyl (C=O) groups excluding carboxylic acids is 2. The van der Waals surface area contributed by atoms with Crippen LogP contribution in [-0.2, 0) is 21.2 Å². The molecule has 9 nitrogen and oxygen atoms in total. The molecule has 3 aromatic carbocycles.